The van der Waals surface area contributed by atoms with E-state index < -0.39 is 0 Å². The number of halogens is 2. The highest BCUT2D eigenvalue weighted by molar-refractivity contribution is 6.43. The number of hydrogen-bond acceptors (Lipinski definition) is 4. The molecule has 4 nitrogen and oxygen atoms in total. The van der Waals surface area contributed by atoms with Crippen LogP contribution in [0.2, 0.25) is 10.0 Å². The van der Waals surface area contributed by atoms with Crippen LogP contribution in [0.25, 0.3) is 0 Å². The van der Waals surface area contributed by atoms with Gasteiger partial charge in [-0.3, -0.25) is 4.90 Å². The Bertz CT molecular complexity index is 477. The van der Waals surface area contributed by atoms with E-state index in [2.05, 4.69) is 15.1 Å². The maximum absolute atomic E-state index is 9.95. The van der Waals surface area contributed by atoms with Crippen LogP contribution in [0, 0.1) is 0 Å². The molecule has 2 aliphatic heterocycles. The Morgan fingerprint density at radius 1 is 1.10 bits per heavy atom. The molecule has 20 heavy (non-hydrogen) atoms. The van der Waals surface area contributed by atoms with Gasteiger partial charge in [-0.05, 0) is 12.1 Å². The zero-order valence-corrected chi connectivity index (χ0v) is 12.7. The number of aliphatic hydroxyl groups is 1. The third-order valence-electron chi connectivity index (χ3n) is 4.21. The molecule has 0 aromatic heterocycles. The predicted molar refractivity (Wildman–Crippen MR) is 82.9 cm³/mol. The largest absolute Gasteiger partial charge is 0.390 e. The van der Waals surface area contributed by atoms with E-state index in [1.807, 2.05) is 18.2 Å². The Morgan fingerprint density at radius 2 is 1.85 bits per heavy atom. The molecule has 0 bridgehead atoms. The van der Waals surface area contributed by atoms with E-state index in [0.717, 1.165) is 38.4 Å². The van der Waals surface area contributed by atoms with Gasteiger partial charge in [0.25, 0.3) is 0 Å². The number of benzene rings is 1. The van der Waals surface area contributed by atoms with Crippen LogP contribution < -0.4 is 10.2 Å². The van der Waals surface area contributed by atoms with Gasteiger partial charge in [-0.2, -0.15) is 0 Å². The lowest BCUT2D eigenvalue weighted by molar-refractivity contribution is 0.0792. The fraction of sp³-hybridized carbons (Fsp3) is 0.571. The molecule has 6 heteroatoms. The molecule has 1 aromatic carbocycles. The first-order chi connectivity index (χ1) is 9.66. The SMILES string of the molecule is OC1CNCC1N1CCN(c2cccc(Cl)c2Cl)CC1. The van der Waals surface area contributed by atoms with Crippen molar-refractivity contribution in [3.63, 3.8) is 0 Å². The summed E-state index contributed by atoms with van der Waals surface area (Å²) >= 11 is 12.4. The zero-order chi connectivity index (χ0) is 14.1. The summed E-state index contributed by atoms with van der Waals surface area (Å²) in [6.07, 6.45) is -0.253. The number of β-amino-alcohol motifs (C(OH)–C–C–N with tert-alkyl or cyclic N) is 1. The molecule has 2 fully saturated rings. The second-order valence-corrected chi connectivity index (χ2v) is 6.17. The van der Waals surface area contributed by atoms with Crippen molar-refractivity contribution in [1.29, 1.82) is 0 Å². The molecule has 2 heterocycles. The van der Waals surface area contributed by atoms with Gasteiger partial charge < -0.3 is 15.3 Å². The first-order valence-corrected chi connectivity index (χ1v) is 7.74. The lowest BCUT2D eigenvalue weighted by atomic mass is 10.1. The summed E-state index contributed by atoms with van der Waals surface area (Å²) in [4.78, 5) is 4.62. The topological polar surface area (TPSA) is 38.7 Å². The third-order valence-corrected chi connectivity index (χ3v) is 5.02. The minimum atomic E-state index is -0.253. The molecule has 0 amide bonds. The second kappa shape index (κ2) is 6.08. The van der Waals surface area contributed by atoms with Gasteiger partial charge in [0.05, 0.1) is 21.8 Å². The van der Waals surface area contributed by atoms with Gasteiger partial charge in [0.2, 0.25) is 0 Å². The van der Waals surface area contributed by atoms with Crippen molar-refractivity contribution >= 4 is 28.9 Å². The number of nitrogens with one attached hydrogen (secondary N) is 1. The highest BCUT2D eigenvalue weighted by Crippen LogP contribution is 2.33. The zero-order valence-electron chi connectivity index (χ0n) is 11.2. The van der Waals surface area contributed by atoms with Gasteiger partial charge in [-0.25, -0.2) is 0 Å². The van der Waals surface area contributed by atoms with Crippen LogP contribution in [0.5, 0.6) is 0 Å². The lowest BCUT2D eigenvalue weighted by Gasteiger charge is -2.40. The molecule has 0 radical (unpaired) electrons. The van der Waals surface area contributed by atoms with Crippen LogP contribution in [-0.2, 0) is 0 Å². The van der Waals surface area contributed by atoms with E-state index in [1.165, 1.54) is 0 Å². The molecule has 3 rings (SSSR count). The first kappa shape index (κ1) is 14.4. The molecule has 2 saturated heterocycles. The molecule has 0 aliphatic carbocycles. The standard InChI is InChI=1S/C14H19Cl2N3O/c15-10-2-1-3-11(14(10)16)18-4-6-19(7-5-18)12-8-17-9-13(12)20/h1-3,12-13,17,20H,4-9H2. The van der Waals surface area contributed by atoms with Crippen molar-refractivity contribution in [3.05, 3.63) is 28.2 Å². The lowest BCUT2D eigenvalue weighted by Crippen LogP contribution is -2.53. The molecular formula is C14H19Cl2N3O. The number of nitrogens with zero attached hydrogens (tertiary/aromatic N) is 2. The average Bonchev–Trinajstić information content (AvgIpc) is 2.88. The average molecular weight is 316 g/mol. The second-order valence-electron chi connectivity index (χ2n) is 5.39. The van der Waals surface area contributed by atoms with E-state index in [4.69, 9.17) is 23.2 Å². The summed E-state index contributed by atoms with van der Waals surface area (Å²) in [5, 5.41) is 14.4. The van der Waals surface area contributed by atoms with Crippen LogP contribution in [-0.4, -0.2) is 61.4 Å². The maximum Gasteiger partial charge on any atom is 0.0831 e. The van der Waals surface area contributed by atoms with Crippen LogP contribution in [0.1, 0.15) is 0 Å². The van der Waals surface area contributed by atoms with E-state index in [1.54, 1.807) is 0 Å². The van der Waals surface area contributed by atoms with E-state index in [-0.39, 0.29) is 12.1 Å². The smallest absolute Gasteiger partial charge is 0.0831 e. The monoisotopic (exact) mass is 315 g/mol. The third kappa shape index (κ3) is 2.76. The molecule has 110 valence electrons. The number of aliphatic hydroxyl groups excluding tert-OH is 1. The van der Waals surface area contributed by atoms with Crippen LogP contribution in [0.15, 0.2) is 18.2 Å². The number of piperazine rings is 1. The van der Waals surface area contributed by atoms with E-state index >= 15 is 0 Å². The Kier molecular flexibility index (Phi) is 4.38. The fourth-order valence-corrected chi connectivity index (χ4v) is 3.47. The van der Waals surface area contributed by atoms with E-state index in [9.17, 15) is 5.11 Å². The van der Waals surface area contributed by atoms with Crippen LogP contribution >= 0.6 is 23.2 Å². The molecule has 1 aromatic rings. The summed E-state index contributed by atoms with van der Waals surface area (Å²) in [5.74, 6) is 0. The first-order valence-electron chi connectivity index (χ1n) is 6.98. The van der Waals surface area contributed by atoms with Crippen LogP contribution in [0.4, 0.5) is 5.69 Å². The van der Waals surface area contributed by atoms with Crippen LogP contribution in [0.3, 0.4) is 0 Å². The van der Waals surface area contributed by atoms with Gasteiger partial charge in [0, 0.05) is 45.3 Å². The Hall–Kier alpha value is -0.520. The Balaban J connectivity index is 1.65. The summed E-state index contributed by atoms with van der Waals surface area (Å²) in [6.45, 7) is 5.26. The summed E-state index contributed by atoms with van der Waals surface area (Å²) < 4.78 is 0. The number of anilines is 1. The van der Waals surface area contributed by atoms with Crippen molar-refractivity contribution in [3.8, 4) is 0 Å². The van der Waals surface area contributed by atoms with Crippen molar-refractivity contribution in [1.82, 2.24) is 10.2 Å². The summed E-state index contributed by atoms with van der Waals surface area (Å²) in [6, 6.07) is 5.99. The van der Waals surface area contributed by atoms with Gasteiger partial charge >= 0.3 is 0 Å². The fourth-order valence-electron chi connectivity index (χ4n) is 3.05. The minimum absolute atomic E-state index is 0.243. The maximum atomic E-state index is 9.95. The van der Waals surface area contributed by atoms with Crippen molar-refractivity contribution in [2.45, 2.75) is 12.1 Å². The highest BCUT2D eigenvalue weighted by atomic mass is 35.5. The van der Waals surface area contributed by atoms with Gasteiger partial charge in [-0.15, -0.1) is 0 Å². The van der Waals surface area contributed by atoms with Gasteiger partial charge in [-0.1, -0.05) is 29.3 Å². The molecule has 0 saturated carbocycles. The Morgan fingerprint density at radius 3 is 2.50 bits per heavy atom. The van der Waals surface area contributed by atoms with Crippen molar-refractivity contribution in [2.24, 2.45) is 0 Å². The van der Waals surface area contributed by atoms with E-state index in [0.29, 0.717) is 16.6 Å². The Labute approximate surface area is 129 Å². The molecular weight excluding hydrogens is 297 g/mol. The molecule has 0 spiro atoms. The molecule has 2 N–H and O–H groups in total. The van der Waals surface area contributed by atoms with Crippen molar-refractivity contribution < 1.29 is 5.11 Å². The summed E-state index contributed by atoms with van der Waals surface area (Å²) in [7, 11) is 0. The molecule has 2 aliphatic rings. The predicted octanol–water partition coefficient (Wildman–Crippen LogP) is 1.45. The van der Waals surface area contributed by atoms with Gasteiger partial charge in [0.15, 0.2) is 0 Å². The minimum Gasteiger partial charge on any atom is -0.390 e. The number of hydrogen-bond donors (Lipinski definition) is 2. The van der Waals surface area contributed by atoms with Gasteiger partial charge in [0.1, 0.15) is 0 Å². The van der Waals surface area contributed by atoms with Crippen molar-refractivity contribution in [2.75, 3.05) is 44.2 Å². The quantitative estimate of drug-likeness (QED) is 0.866. The summed E-state index contributed by atoms with van der Waals surface area (Å²) in [5.41, 5.74) is 1.00. The number of rotatable bonds is 2. The highest BCUT2D eigenvalue weighted by Gasteiger charge is 2.32. The molecule has 2 atom stereocenters. The molecule has 2 unspecified atom stereocenters. The normalized spacial score (nSPS) is 28.1.